The average molecular weight is 381 g/mol. The Balaban J connectivity index is 1.77. The van der Waals surface area contributed by atoms with Crippen LogP contribution in [0.15, 0.2) is 46.9 Å². The highest BCUT2D eigenvalue weighted by atomic mass is 16.5. The first-order valence-electron chi connectivity index (χ1n) is 9.04. The summed E-state index contributed by atoms with van der Waals surface area (Å²) in [5.74, 6) is 0.769. The molecule has 1 heterocycles. The Bertz CT molecular complexity index is 1000. The van der Waals surface area contributed by atoms with Gasteiger partial charge >= 0.3 is 5.97 Å². The van der Waals surface area contributed by atoms with Crippen molar-refractivity contribution in [2.24, 2.45) is 5.92 Å². The zero-order valence-electron chi connectivity index (χ0n) is 16.4. The van der Waals surface area contributed by atoms with E-state index in [1.807, 2.05) is 13.8 Å². The molecule has 0 unspecified atom stereocenters. The van der Waals surface area contributed by atoms with E-state index in [-0.39, 0.29) is 17.8 Å². The quantitative estimate of drug-likeness (QED) is 0.620. The number of carbonyl (C=O) groups excluding carboxylic acids is 2. The molecule has 0 aliphatic carbocycles. The van der Waals surface area contributed by atoms with Gasteiger partial charge in [0.15, 0.2) is 0 Å². The van der Waals surface area contributed by atoms with Gasteiger partial charge in [-0.1, -0.05) is 13.8 Å². The number of furan rings is 1. The number of methoxy groups -OCH3 is 1. The molecule has 0 saturated heterocycles. The fourth-order valence-corrected chi connectivity index (χ4v) is 2.82. The van der Waals surface area contributed by atoms with Crippen molar-refractivity contribution in [2.75, 3.05) is 19.0 Å². The second-order valence-electron chi connectivity index (χ2n) is 6.92. The number of hydrogen-bond donors (Lipinski definition) is 1. The minimum absolute atomic E-state index is 0.272. The Labute approximate surface area is 163 Å². The van der Waals surface area contributed by atoms with Crippen LogP contribution in [0.3, 0.4) is 0 Å². The molecule has 1 aromatic heterocycles. The number of hydrogen-bond acceptors (Lipinski definition) is 5. The van der Waals surface area contributed by atoms with Gasteiger partial charge in [-0.3, -0.25) is 4.79 Å². The maximum Gasteiger partial charge on any atom is 0.338 e. The topological polar surface area (TPSA) is 77.8 Å². The lowest BCUT2D eigenvalue weighted by Crippen LogP contribution is -2.13. The van der Waals surface area contributed by atoms with E-state index < -0.39 is 0 Å². The average Bonchev–Trinajstić information content (AvgIpc) is 3.01. The SMILES string of the molecule is COc1ccc2oc(C)c(C(=O)Nc3ccc(C(=O)OCC(C)C)cc3)c2c1. The first kappa shape index (κ1) is 19.5. The van der Waals surface area contributed by atoms with Gasteiger partial charge in [-0.15, -0.1) is 0 Å². The predicted octanol–water partition coefficient (Wildman–Crippen LogP) is 4.81. The summed E-state index contributed by atoms with van der Waals surface area (Å²) in [4.78, 5) is 24.8. The lowest BCUT2D eigenvalue weighted by atomic mass is 10.1. The van der Waals surface area contributed by atoms with Gasteiger partial charge < -0.3 is 19.2 Å². The molecule has 1 N–H and O–H groups in total. The van der Waals surface area contributed by atoms with Gasteiger partial charge in [-0.2, -0.15) is 0 Å². The van der Waals surface area contributed by atoms with Crippen molar-refractivity contribution in [1.82, 2.24) is 0 Å². The molecule has 0 saturated carbocycles. The van der Waals surface area contributed by atoms with E-state index in [1.165, 1.54) is 0 Å². The van der Waals surface area contributed by atoms with Crippen LogP contribution in [-0.2, 0) is 4.74 Å². The molecule has 146 valence electrons. The number of esters is 1. The molecule has 3 rings (SSSR count). The number of amides is 1. The fraction of sp³-hybridized carbons (Fsp3) is 0.273. The highest BCUT2D eigenvalue weighted by Gasteiger charge is 2.19. The van der Waals surface area contributed by atoms with Gasteiger partial charge in [0.05, 0.1) is 24.8 Å². The van der Waals surface area contributed by atoms with Gasteiger partial charge in [0.25, 0.3) is 5.91 Å². The number of fused-ring (bicyclic) bond motifs is 1. The standard InChI is InChI=1S/C22H23NO5/c1-13(2)12-27-22(25)15-5-7-16(8-6-15)23-21(24)20-14(3)28-19-10-9-17(26-4)11-18(19)20/h5-11,13H,12H2,1-4H3,(H,23,24). The van der Waals surface area contributed by atoms with Crippen LogP contribution in [-0.4, -0.2) is 25.6 Å². The molecule has 28 heavy (non-hydrogen) atoms. The molecule has 6 heteroatoms. The number of ether oxygens (including phenoxy) is 2. The van der Waals surface area contributed by atoms with Gasteiger partial charge in [0.1, 0.15) is 17.1 Å². The number of benzene rings is 2. The van der Waals surface area contributed by atoms with Crippen molar-refractivity contribution < 1.29 is 23.5 Å². The molecule has 1 amide bonds. The molecular weight excluding hydrogens is 358 g/mol. The first-order chi connectivity index (χ1) is 13.4. The van der Waals surface area contributed by atoms with Crippen LogP contribution in [0.25, 0.3) is 11.0 Å². The van der Waals surface area contributed by atoms with E-state index in [4.69, 9.17) is 13.9 Å². The van der Waals surface area contributed by atoms with Crippen LogP contribution in [0.4, 0.5) is 5.69 Å². The van der Waals surface area contributed by atoms with E-state index in [9.17, 15) is 9.59 Å². The Kier molecular flexibility index (Phi) is 5.68. The molecule has 0 spiro atoms. The highest BCUT2D eigenvalue weighted by molar-refractivity contribution is 6.13. The summed E-state index contributed by atoms with van der Waals surface area (Å²) in [5.41, 5.74) is 2.08. The zero-order valence-corrected chi connectivity index (χ0v) is 16.4. The monoisotopic (exact) mass is 381 g/mol. The number of nitrogens with one attached hydrogen (secondary N) is 1. The van der Waals surface area contributed by atoms with Crippen LogP contribution in [0.1, 0.15) is 40.3 Å². The lowest BCUT2D eigenvalue weighted by molar-refractivity contribution is 0.0459. The van der Waals surface area contributed by atoms with E-state index in [0.29, 0.717) is 45.9 Å². The maximum absolute atomic E-state index is 12.8. The Morgan fingerprint density at radius 3 is 2.46 bits per heavy atom. The van der Waals surface area contributed by atoms with Crippen molar-refractivity contribution in [1.29, 1.82) is 0 Å². The van der Waals surface area contributed by atoms with Crippen LogP contribution in [0.5, 0.6) is 5.75 Å². The summed E-state index contributed by atoms with van der Waals surface area (Å²) in [7, 11) is 1.57. The Morgan fingerprint density at radius 1 is 1.11 bits per heavy atom. The number of anilines is 1. The van der Waals surface area contributed by atoms with Crippen molar-refractivity contribution >= 4 is 28.5 Å². The summed E-state index contributed by atoms with van der Waals surface area (Å²) >= 11 is 0. The summed E-state index contributed by atoms with van der Waals surface area (Å²) in [6, 6.07) is 11.9. The van der Waals surface area contributed by atoms with Crippen LogP contribution < -0.4 is 10.1 Å². The fourth-order valence-electron chi connectivity index (χ4n) is 2.82. The minimum atomic E-state index is -0.379. The summed E-state index contributed by atoms with van der Waals surface area (Å²) in [5, 5.41) is 3.52. The smallest absolute Gasteiger partial charge is 0.338 e. The van der Waals surface area contributed by atoms with Gasteiger partial charge in [0, 0.05) is 11.1 Å². The molecule has 0 fully saturated rings. The molecule has 0 bridgehead atoms. The van der Waals surface area contributed by atoms with Gasteiger partial charge in [0.2, 0.25) is 0 Å². The predicted molar refractivity (Wildman–Crippen MR) is 107 cm³/mol. The normalized spacial score (nSPS) is 10.9. The maximum atomic E-state index is 12.8. The zero-order chi connectivity index (χ0) is 20.3. The number of rotatable bonds is 6. The molecule has 0 atom stereocenters. The number of aryl methyl sites for hydroxylation is 1. The molecular formula is C22H23NO5. The second kappa shape index (κ2) is 8.17. The van der Waals surface area contributed by atoms with Crippen molar-refractivity contribution in [2.45, 2.75) is 20.8 Å². The molecule has 3 aromatic rings. The Morgan fingerprint density at radius 2 is 1.82 bits per heavy atom. The van der Waals surface area contributed by atoms with E-state index in [0.717, 1.165) is 0 Å². The summed E-state index contributed by atoms with van der Waals surface area (Å²) in [6.45, 7) is 6.06. The van der Waals surface area contributed by atoms with Crippen molar-refractivity contribution in [3.05, 3.63) is 59.4 Å². The molecule has 6 nitrogen and oxygen atoms in total. The summed E-state index contributed by atoms with van der Waals surface area (Å²) in [6.07, 6.45) is 0. The van der Waals surface area contributed by atoms with E-state index >= 15 is 0 Å². The Hall–Kier alpha value is -3.28. The third-order valence-corrected chi connectivity index (χ3v) is 4.22. The second-order valence-corrected chi connectivity index (χ2v) is 6.92. The largest absolute Gasteiger partial charge is 0.497 e. The van der Waals surface area contributed by atoms with Crippen LogP contribution in [0, 0.1) is 12.8 Å². The highest BCUT2D eigenvalue weighted by Crippen LogP contribution is 2.29. The van der Waals surface area contributed by atoms with E-state index in [1.54, 1.807) is 56.5 Å². The van der Waals surface area contributed by atoms with Gasteiger partial charge in [-0.25, -0.2) is 4.79 Å². The van der Waals surface area contributed by atoms with Crippen molar-refractivity contribution in [3.8, 4) is 5.75 Å². The lowest BCUT2D eigenvalue weighted by Gasteiger charge is -2.08. The van der Waals surface area contributed by atoms with E-state index in [2.05, 4.69) is 5.32 Å². The number of carbonyl (C=O) groups is 2. The summed E-state index contributed by atoms with van der Waals surface area (Å²) < 4.78 is 16.1. The van der Waals surface area contributed by atoms with Gasteiger partial charge in [-0.05, 0) is 55.3 Å². The molecule has 2 aromatic carbocycles. The molecule has 0 radical (unpaired) electrons. The van der Waals surface area contributed by atoms with Crippen LogP contribution >= 0.6 is 0 Å². The molecule has 0 aliphatic heterocycles. The third kappa shape index (κ3) is 4.17. The first-order valence-corrected chi connectivity index (χ1v) is 9.04. The minimum Gasteiger partial charge on any atom is -0.497 e. The van der Waals surface area contributed by atoms with Crippen LogP contribution in [0.2, 0.25) is 0 Å². The molecule has 0 aliphatic rings. The van der Waals surface area contributed by atoms with Crippen molar-refractivity contribution in [3.63, 3.8) is 0 Å². The third-order valence-electron chi connectivity index (χ3n) is 4.22.